The van der Waals surface area contributed by atoms with Crippen molar-refractivity contribution >= 4 is 5.97 Å². The molecule has 0 aliphatic carbocycles. The van der Waals surface area contributed by atoms with Gasteiger partial charge in [0.2, 0.25) is 0 Å². The van der Waals surface area contributed by atoms with Gasteiger partial charge in [-0.05, 0) is 51.1 Å². The van der Waals surface area contributed by atoms with Crippen LogP contribution in [0.4, 0.5) is 0 Å². The third-order valence-corrected chi connectivity index (χ3v) is 5.60. The molecule has 0 amide bonds. The second kappa shape index (κ2) is 8.33. The predicted molar refractivity (Wildman–Crippen MR) is 95.0 cm³/mol. The van der Waals surface area contributed by atoms with E-state index in [1.807, 2.05) is 14.1 Å². The highest BCUT2D eigenvalue weighted by Crippen LogP contribution is 2.50. The van der Waals surface area contributed by atoms with Crippen molar-refractivity contribution in [2.45, 2.75) is 74.1 Å². The van der Waals surface area contributed by atoms with Crippen LogP contribution in [0.5, 0.6) is 0 Å². The van der Waals surface area contributed by atoms with Crippen LogP contribution < -0.4 is 0 Å². The highest BCUT2D eigenvalue weighted by molar-refractivity contribution is 5.77. The van der Waals surface area contributed by atoms with Gasteiger partial charge in [-0.2, -0.15) is 0 Å². The minimum absolute atomic E-state index is 0.0281. The first-order chi connectivity index (χ1) is 9.92. The molecule has 0 aromatic carbocycles. The molecule has 1 atom stereocenters. The average Bonchev–Trinajstić information content (AvgIpc) is 2.42. The molecule has 3 nitrogen and oxygen atoms in total. The van der Waals surface area contributed by atoms with Crippen molar-refractivity contribution in [1.82, 2.24) is 4.90 Å². The van der Waals surface area contributed by atoms with E-state index in [9.17, 15) is 4.79 Å². The van der Waals surface area contributed by atoms with Gasteiger partial charge in [0, 0.05) is 6.54 Å². The number of rotatable bonds is 10. The van der Waals surface area contributed by atoms with Crippen LogP contribution in [0.3, 0.4) is 0 Å². The van der Waals surface area contributed by atoms with E-state index < -0.39 is 5.41 Å². The van der Waals surface area contributed by atoms with Crippen LogP contribution in [0.1, 0.15) is 74.1 Å². The molecule has 3 heteroatoms. The van der Waals surface area contributed by atoms with Crippen LogP contribution in [0, 0.1) is 16.2 Å². The van der Waals surface area contributed by atoms with Gasteiger partial charge in [-0.25, -0.2) is 0 Å². The quantitative estimate of drug-likeness (QED) is 0.430. The summed E-state index contributed by atoms with van der Waals surface area (Å²) in [6.45, 7) is 16.8. The molecule has 0 bridgehead atoms. The first kappa shape index (κ1) is 21.4. The van der Waals surface area contributed by atoms with Gasteiger partial charge in [0.15, 0.2) is 0 Å². The minimum atomic E-state index is -0.445. The molecular weight excluding hydrogens is 274 g/mol. The fourth-order valence-corrected chi connectivity index (χ4v) is 2.76. The van der Waals surface area contributed by atoms with Crippen LogP contribution in [0.2, 0.25) is 0 Å². The number of carbonyl (C=O) groups excluding carboxylic acids is 1. The molecule has 0 fully saturated rings. The smallest absolute Gasteiger partial charge is 0.312 e. The molecule has 0 aromatic heterocycles. The zero-order valence-corrected chi connectivity index (χ0v) is 16.5. The lowest BCUT2D eigenvalue weighted by atomic mass is 9.58. The molecule has 22 heavy (non-hydrogen) atoms. The summed E-state index contributed by atoms with van der Waals surface area (Å²) in [7, 11) is 4.08. The maximum absolute atomic E-state index is 12.9. The van der Waals surface area contributed by atoms with Gasteiger partial charge in [-0.15, -0.1) is 0 Å². The molecule has 0 aliphatic heterocycles. The molecule has 0 spiro atoms. The Labute approximate surface area is 138 Å². The number of ether oxygens (including phenoxy) is 1. The van der Waals surface area contributed by atoms with Crippen LogP contribution >= 0.6 is 0 Å². The van der Waals surface area contributed by atoms with E-state index in [0.717, 1.165) is 32.2 Å². The predicted octanol–water partition coefficient (Wildman–Crippen LogP) is 4.75. The fraction of sp³-hybridized carbons (Fsp3) is 0.947. The van der Waals surface area contributed by atoms with Gasteiger partial charge in [-0.3, -0.25) is 4.79 Å². The zero-order chi connectivity index (χ0) is 17.6. The third kappa shape index (κ3) is 5.91. The zero-order valence-electron chi connectivity index (χ0n) is 16.5. The Bertz CT molecular complexity index is 347. The summed E-state index contributed by atoms with van der Waals surface area (Å²) < 4.78 is 5.67. The van der Waals surface area contributed by atoms with Gasteiger partial charge in [0.05, 0.1) is 12.0 Å². The highest BCUT2D eigenvalue weighted by atomic mass is 16.5. The molecule has 0 saturated carbocycles. The van der Waals surface area contributed by atoms with Gasteiger partial charge < -0.3 is 9.64 Å². The fourth-order valence-electron chi connectivity index (χ4n) is 2.76. The van der Waals surface area contributed by atoms with E-state index in [-0.39, 0.29) is 16.8 Å². The SMILES string of the molecule is CCC(C)(C)CC(C)(C(=O)OCCCN(C)C)C(C)(C)CC. The Morgan fingerprint density at radius 2 is 1.55 bits per heavy atom. The van der Waals surface area contributed by atoms with Gasteiger partial charge in [0.1, 0.15) is 0 Å². The number of nitrogens with zero attached hydrogens (tertiary/aromatic N) is 1. The Morgan fingerprint density at radius 1 is 1.00 bits per heavy atom. The monoisotopic (exact) mass is 313 g/mol. The van der Waals surface area contributed by atoms with Crippen LogP contribution in [0.25, 0.3) is 0 Å². The number of carbonyl (C=O) groups is 1. The summed E-state index contributed by atoms with van der Waals surface area (Å²) in [6.07, 6.45) is 3.79. The molecule has 0 N–H and O–H groups in total. The molecule has 1 unspecified atom stereocenters. The van der Waals surface area contributed by atoms with Gasteiger partial charge in [-0.1, -0.05) is 48.0 Å². The van der Waals surface area contributed by atoms with Gasteiger partial charge in [0.25, 0.3) is 0 Å². The van der Waals surface area contributed by atoms with E-state index >= 15 is 0 Å². The van der Waals surface area contributed by atoms with Crippen molar-refractivity contribution in [3.05, 3.63) is 0 Å². The second-order valence-corrected chi connectivity index (χ2v) is 8.56. The first-order valence-corrected chi connectivity index (χ1v) is 8.74. The van der Waals surface area contributed by atoms with Crippen molar-refractivity contribution in [2.24, 2.45) is 16.2 Å². The van der Waals surface area contributed by atoms with E-state index in [1.165, 1.54) is 0 Å². The largest absolute Gasteiger partial charge is 0.465 e. The van der Waals surface area contributed by atoms with Crippen LogP contribution in [-0.4, -0.2) is 38.1 Å². The minimum Gasteiger partial charge on any atom is -0.465 e. The van der Waals surface area contributed by atoms with Crippen molar-refractivity contribution in [1.29, 1.82) is 0 Å². The molecule has 0 saturated heterocycles. The standard InChI is InChI=1S/C19H39NO2/c1-10-17(3,4)15-19(7,18(5,6)11-2)16(21)22-14-12-13-20(8)9/h10-15H2,1-9H3. The van der Waals surface area contributed by atoms with E-state index in [2.05, 4.69) is 53.4 Å². The summed E-state index contributed by atoms with van der Waals surface area (Å²) in [5.41, 5.74) is -0.374. The lowest BCUT2D eigenvalue weighted by Crippen LogP contribution is -2.46. The molecular formula is C19H39NO2. The normalized spacial score (nSPS) is 15.7. The Morgan fingerprint density at radius 3 is 1.95 bits per heavy atom. The topological polar surface area (TPSA) is 29.5 Å². The maximum atomic E-state index is 12.9. The summed E-state index contributed by atoms with van der Waals surface area (Å²) in [5, 5.41) is 0. The molecule has 0 aromatic rings. The van der Waals surface area contributed by atoms with Crippen molar-refractivity contribution in [3.63, 3.8) is 0 Å². The highest BCUT2D eigenvalue weighted by Gasteiger charge is 2.49. The molecule has 0 rings (SSSR count). The number of hydrogen-bond donors (Lipinski definition) is 0. The lowest BCUT2D eigenvalue weighted by Gasteiger charge is -2.45. The maximum Gasteiger partial charge on any atom is 0.312 e. The van der Waals surface area contributed by atoms with Crippen molar-refractivity contribution in [3.8, 4) is 0 Å². The van der Waals surface area contributed by atoms with E-state index in [0.29, 0.717) is 6.61 Å². The first-order valence-electron chi connectivity index (χ1n) is 8.74. The molecule has 0 aliphatic rings. The molecule has 0 heterocycles. The Kier molecular flexibility index (Phi) is 8.11. The van der Waals surface area contributed by atoms with Crippen molar-refractivity contribution < 1.29 is 9.53 Å². The van der Waals surface area contributed by atoms with E-state index in [4.69, 9.17) is 4.74 Å². The summed E-state index contributed by atoms with van der Waals surface area (Å²) in [6, 6.07) is 0. The molecule has 132 valence electrons. The van der Waals surface area contributed by atoms with Gasteiger partial charge >= 0.3 is 5.97 Å². The third-order valence-electron chi connectivity index (χ3n) is 5.60. The number of esters is 1. The summed E-state index contributed by atoms with van der Waals surface area (Å²) in [4.78, 5) is 15.0. The Hall–Kier alpha value is -0.570. The second-order valence-electron chi connectivity index (χ2n) is 8.56. The summed E-state index contributed by atoms with van der Waals surface area (Å²) in [5.74, 6) is -0.0281. The van der Waals surface area contributed by atoms with E-state index in [1.54, 1.807) is 0 Å². The summed E-state index contributed by atoms with van der Waals surface area (Å²) >= 11 is 0. The van der Waals surface area contributed by atoms with Crippen LogP contribution in [-0.2, 0) is 9.53 Å². The Balaban J connectivity index is 5.04. The number of hydrogen-bond acceptors (Lipinski definition) is 3. The lowest BCUT2D eigenvalue weighted by molar-refractivity contribution is -0.166. The van der Waals surface area contributed by atoms with Crippen LogP contribution in [0.15, 0.2) is 0 Å². The van der Waals surface area contributed by atoms with Crippen molar-refractivity contribution in [2.75, 3.05) is 27.2 Å². The molecule has 0 radical (unpaired) electrons. The average molecular weight is 314 g/mol.